The van der Waals surface area contributed by atoms with Crippen LogP contribution in [0, 0.1) is 5.41 Å². The fraction of sp³-hybridized carbons (Fsp3) is 0.579. The lowest BCUT2D eigenvalue weighted by atomic mass is 9.84. The number of para-hydroxylation sites is 1. The zero-order valence-electron chi connectivity index (χ0n) is 14.1. The van der Waals surface area contributed by atoms with E-state index in [0.717, 1.165) is 37.2 Å². The van der Waals surface area contributed by atoms with Gasteiger partial charge >= 0.3 is 0 Å². The van der Waals surface area contributed by atoms with Crippen LogP contribution < -0.4 is 5.32 Å². The Hall–Kier alpha value is -1.28. The van der Waals surface area contributed by atoms with Crippen molar-refractivity contribution in [2.45, 2.75) is 59.9 Å². The molecule has 0 saturated carbocycles. The minimum Gasteiger partial charge on any atom is -0.461 e. The first-order chi connectivity index (χ1) is 9.96. The number of fused-ring (bicyclic) bond motifs is 1. The predicted octanol–water partition coefficient (Wildman–Crippen LogP) is 5.47. The van der Waals surface area contributed by atoms with Crippen LogP contribution in [0.2, 0.25) is 0 Å². The Morgan fingerprint density at radius 2 is 1.86 bits per heavy atom. The van der Waals surface area contributed by atoms with E-state index in [2.05, 4.69) is 58.1 Å². The third kappa shape index (κ3) is 3.88. The van der Waals surface area contributed by atoms with Crippen LogP contribution in [-0.2, 0) is 6.42 Å². The van der Waals surface area contributed by atoms with Crippen molar-refractivity contribution in [2.24, 2.45) is 5.41 Å². The summed E-state index contributed by atoms with van der Waals surface area (Å²) in [5.41, 5.74) is 2.67. The van der Waals surface area contributed by atoms with Crippen LogP contribution >= 0.6 is 0 Å². The van der Waals surface area contributed by atoms with Crippen molar-refractivity contribution in [3.63, 3.8) is 0 Å². The molecule has 21 heavy (non-hydrogen) atoms. The van der Waals surface area contributed by atoms with E-state index in [9.17, 15) is 0 Å². The second-order valence-corrected chi connectivity index (χ2v) is 7.06. The maximum absolute atomic E-state index is 6.08. The summed E-state index contributed by atoms with van der Waals surface area (Å²) in [6.45, 7) is 12.4. The van der Waals surface area contributed by atoms with Gasteiger partial charge in [0.05, 0.1) is 0 Å². The summed E-state index contributed by atoms with van der Waals surface area (Å²) in [5, 5.41) is 5.01. The lowest BCUT2D eigenvalue weighted by molar-refractivity contribution is 0.310. The molecule has 0 spiro atoms. The van der Waals surface area contributed by atoms with E-state index in [1.54, 1.807) is 0 Å². The largest absolute Gasteiger partial charge is 0.461 e. The number of hydrogen-bond acceptors (Lipinski definition) is 2. The minimum absolute atomic E-state index is 0.287. The molecule has 2 nitrogen and oxygen atoms in total. The van der Waals surface area contributed by atoms with Crippen molar-refractivity contribution in [1.29, 1.82) is 0 Å². The highest BCUT2D eigenvalue weighted by atomic mass is 16.3. The van der Waals surface area contributed by atoms with E-state index in [-0.39, 0.29) is 5.41 Å². The van der Waals surface area contributed by atoms with E-state index in [4.69, 9.17) is 4.42 Å². The van der Waals surface area contributed by atoms with E-state index < -0.39 is 0 Å². The lowest BCUT2D eigenvalue weighted by Crippen LogP contribution is -2.27. The van der Waals surface area contributed by atoms with E-state index in [0.29, 0.717) is 6.04 Å². The van der Waals surface area contributed by atoms with Gasteiger partial charge in [0.1, 0.15) is 11.3 Å². The number of rotatable bonds is 6. The highest BCUT2D eigenvalue weighted by molar-refractivity contribution is 5.82. The van der Waals surface area contributed by atoms with E-state index >= 15 is 0 Å². The fourth-order valence-corrected chi connectivity index (χ4v) is 2.97. The molecule has 1 unspecified atom stereocenters. The Morgan fingerprint density at radius 3 is 2.48 bits per heavy atom. The summed E-state index contributed by atoms with van der Waals surface area (Å²) in [5.74, 6) is 1.13. The molecule has 1 aromatic carbocycles. The molecule has 1 N–H and O–H groups in total. The molecule has 0 aliphatic heterocycles. The highest BCUT2D eigenvalue weighted by Gasteiger charge is 2.25. The van der Waals surface area contributed by atoms with Gasteiger partial charge in [0.25, 0.3) is 0 Å². The van der Waals surface area contributed by atoms with Gasteiger partial charge in [-0.15, -0.1) is 0 Å². The fourth-order valence-electron chi connectivity index (χ4n) is 2.97. The first kappa shape index (κ1) is 16.1. The van der Waals surface area contributed by atoms with Gasteiger partial charge in [0.2, 0.25) is 0 Å². The highest BCUT2D eigenvalue weighted by Crippen LogP contribution is 2.37. The summed E-state index contributed by atoms with van der Waals surface area (Å²) in [4.78, 5) is 0. The van der Waals surface area contributed by atoms with Crippen LogP contribution in [-0.4, -0.2) is 6.54 Å². The van der Waals surface area contributed by atoms with Gasteiger partial charge in [-0.1, -0.05) is 52.8 Å². The summed E-state index contributed by atoms with van der Waals surface area (Å²) in [6, 6.07) is 8.79. The van der Waals surface area contributed by atoms with Gasteiger partial charge in [-0.3, -0.25) is 0 Å². The van der Waals surface area contributed by atoms with E-state index in [1.165, 1.54) is 10.9 Å². The first-order valence-corrected chi connectivity index (χ1v) is 8.20. The van der Waals surface area contributed by atoms with Crippen molar-refractivity contribution < 1.29 is 4.42 Å². The van der Waals surface area contributed by atoms with Crippen molar-refractivity contribution in [2.75, 3.05) is 6.54 Å². The quantitative estimate of drug-likeness (QED) is 0.762. The molecular formula is C19H29NO. The first-order valence-electron chi connectivity index (χ1n) is 8.20. The molecule has 2 heteroatoms. The normalized spacial score (nSPS) is 13.8. The molecule has 0 amide bonds. The second kappa shape index (κ2) is 6.65. The molecule has 0 aliphatic rings. The van der Waals surface area contributed by atoms with Gasteiger partial charge in [-0.2, -0.15) is 0 Å². The zero-order valence-corrected chi connectivity index (χ0v) is 14.1. The molecule has 0 fully saturated rings. The van der Waals surface area contributed by atoms with Gasteiger partial charge < -0.3 is 9.73 Å². The maximum atomic E-state index is 6.08. The van der Waals surface area contributed by atoms with Crippen molar-refractivity contribution >= 4 is 11.0 Å². The maximum Gasteiger partial charge on any atom is 0.134 e. The molecule has 0 radical (unpaired) electrons. The molecule has 0 aliphatic carbocycles. The van der Waals surface area contributed by atoms with Crippen molar-refractivity contribution in [3.05, 3.63) is 35.6 Å². The van der Waals surface area contributed by atoms with Crippen LogP contribution in [0.1, 0.15) is 64.8 Å². The number of furan rings is 1. The van der Waals surface area contributed by atoms with Crippen molar-refractivity contribution in [1.82, 2.24) is 5.32 Å². The summed E-state index contributed by atoms with van der Waals surface area (Å²) >= 11 is 0. The van der Waals surface area contributed by atoms with E-state index in [1.807, 2.05) is 6.07 Å². The van der Waals surface area contributed by atoms with Crippen LogP contribution in [0.4, 0.5) is 0 Å². The summed E-state index contributed by atoms with van der Waals surface area (Å²) in [7, 11) is 0. The van der Waals surface area contributed by atoms with Crippen molar-refractivity contribution in [3.8, 4) is 0 Å². The van der Waals surface area contributed by atoms with Gasteiger partial charge in [0, 0.05) is 23.4 Å². The van der Waals surface area contributed by atoms with Crippen LogP contribution in [0.15, 0.2) is 28.7 Å². The molecule has 1 aromatic heterocycles. The Labute approximate surface area is 128 Å². The third-order valence-electron chi connectivity index (χ3n) is 3.84. The van der Waals surface area contributed by atoms with Gasteiger partial charge in [-0.05, 0) is 30.9 Å². The molecule has 1 heterocycles. The molecule has 2 rings (SSSR count). The minimum atomic E-state index is 0.287. The van der Waals surface area contributed by atoms with Crippen LogP contribution in [0.3, 0.4) is 0 Å². The average molecular weight is 287 g/mol. The average Bonchev–Trinajstić information content (AvgIpc) is 2.80. The SMILES string of the molecule is CCCNC(CC(C)(C)C)c1c(CC)oc2ccccc12. The monoisotopic (exact) mass is 287 g/mol. The smallest absolute Gasteiger partial charge is 0.134 e. The Kier molecular flexibility index (Phi) is 5.10. The predicted molar refractivity (Wildman–Crippen MR) is 90.7 cm³/mol. The number of aryl methyl sites for hydroxylation is 1. The van der Waals surface area contributed by atoms with Crippen LogP contribution in [0.5, 0.6) is 0 Å². The zero-order chi connectivity index (χ0) is 15.5. The molecule has 1 atom stereocenters. The summed E-state index contributed by atoms with van der Waals surface area (Å²) in [6.07, 6.45) is 3.21. The standard InChI is InChI=1S/C19H29NO/c1-6-12-20-15(13-19(3,4)5)18-14-10-8-9-11-17(14)21-16(18)7-2/h8-11,15,20H,6-7,12-13H2,1-5H3. The van der Waals surface area contributed by atoms with Gasteiger partial charge in [-0.25, -0.2) is 0 Å². The number of benzene rings is 1. The molecule has 0 bridgehead atoms. The topological polar surface area (TPSA) is 25.2 Å². The van der Waals surface area contributed by atoms with Gasteiger partial charge in [0.15, 0.2) is 0 Å². The lowest BCUT2D eigenvalue weighted by Gasteiger charge is -2.27. The third-order valence-corrected chi connectivity index (χ3v) is 3.84. The second-order valence-electron chi connectivity index (χ2n) is 7.06. The molecular weight excluding hydrogens is 258 g/mol. The molecule has 116 valence electrons. The summed E-state index contributed by atoms with van der Waals surface area (Å²) < 4.78 is 6.08. The molecule has 0 saturated heterocycles. The van der Waals surface area contributed by atoms with Crippen LogP contribution in [0.25, 0.3) is 11.0 Å². The number of hydrogen-bond donors (Lipinski definition) is 1. The Balaban J connectivity index is 2.46. The Morgan fingerprint density at radius 1 is 1.14 bits per heavy atom. The molecule has 2 aromatic rings. The Bertz CT molecular complexity index is 577. The number of nitrogens with one attached hydrogen (secondary N) is 1.